The topological polar surface area (TPSA) is 73.2 Å². The van der Waals surface area contributed by atoms with Gasteiger partial charge in [-0.05, 0) is 17.5 Å². The molecule has 2 aromatic rings. The fraction of sp³-hybridized carbons (Fsp3) is 0.400. The van der Waals surface area contributed by atoms with Gasteiger partial charge in [0.1, 0.15) is 10.6 Å². The summed E-state index contributed by atoms with van der Waals surface area (Å²) in [6.45, 7) is 6.10. The van der Waals surface area contributed by atoms with E-state index in [-0.39, 0.29) is 11.3 Å². The molecule has 2 heterocycles. The van der Waals surface area contributed by atoms with Crippen molar-refractivity contribution in [1.29, 1.82) is 0 Å². The predicted molar refractivity (Wildman–Crippen MR) is 85.5 cm³/mol. The van der Waals surface area contributed by atoms with Crippen LogP contribution in [0.5, 0.6) is 0 Å². The number of hydrogen-bond acceptors (Lipinski definition) is 5. The maximum absolute atomic E-state index is 12.4. The molecule has 1 amide bonds. The highest BCUT2D eigenvalue weighted by molar-refractivity contribution is 7.12. The second-order valence-electron chi connectivity index (χ2n) is 5.90. The molecule has 0 aliphatic heterocycles. The molecule has 0 unspecified atom stereocenters. The van der Waals surface area contributed by atoms with Crippen LogP contribution in [-0.2, 0) is 17.2 Å². The van der Waals surface area contributed by atoms with Gasteiger partial charge in [0.2, 0.25) is 0 Å². The summed E-state index contributed by atoms with van der Waals surface area (Å²) in [6, 6.07) is 3.44. The van der Waals surface area contributed by atoms with E-state index in [4.69, 9.17) is 4.74 Å². The number of anilines is 1. The first-order chi connectivity index (χ1) is 10.2. The van der Waals surface area contributed by atoms with Crippen LogP contribution < -0.4 is 5.32 Å². The Bertz CT molecular complexity index is 710. The number of aryl methyl sites for hydroxylation is 1. The Morgan fingerprint density at radius 1 is 1.36 bits per heavy atom. The van der Waals surface area contributed by atoms with E-state index in [2.05, 4.69) is 10.4 Å². The van der Waals surface area contributed by atoms with Gasteiger partial charge in [-0.1, -0.05) is 20.8 Å². The van der Waals surface area contributed by atoms with Crippen LogP contribution in [0.3, 0.4) is 0 Å². The number of methoxy groups -OCH3 is 1. The van der Waals surface area contributed by atoms with E-state index in [1.165, 1.54) is 18.4 Å². The van der Waals surface area contributed by atoms with E-state index in [9.17, 15) is 9.59 Å². The van der Waals surface area contributed by atoms with E-state index >= 15 is 0 Å². The number of thiophene rings is 1. The van der Waals surface area contributed by atoms with Gasteiger partial charge in [-0.15, -0.1) is 11.3 Å². The Kier molecular flexibility index (Phi) is 4.37. The average Bonchev–Trinajstić information content (AvgIpc) is 3.03. The van der Waals surface area contributed by atoms with Crippen molar-refractivity contribution >= 4 is 28.9 Å². The van der Waals surface area contributed by atoms with Crippen LogP contribution >= 0.6 is 11.3 Å². The zero-order valence-corrected chi connectivity index (χ0v) is 14.1. The molecule has 1 N–H and O–H groups in total. The van der Waals surface area contributed by atoms with E-state index < -0.39 is 5.97 Å². The van der Waals surface area contributed by atoms with Crippen LogP contribution in [0.4, 0.5) is 5.69 Å². The number of amides is 1. The Hall–Kier alpha value is -2.15. The largest absolute Gasteiger partial charge is 0.465 e. The highest BCUT2D eigenvalue weighted by Crippen LogP contribution is 2.25. The molecule has 0 saturated carbocycles. The van der Waals surface area contributed by atoms with E-state index in [0.717, 1.165) is 5.69 Å². The van der Waals surface area contributed by atoms with Crippen LogP contribution in [-0.4, -0.2) is 28.8 Å². The predicted octanol–water partition coefficient (Wildman–Crippen LogP) is 2.82. The lowest BCUT2D eigenvalue weighted by Crippen LogP contribution is -2.17. The normalized spacial score (nSPS) is 11.3. The van der Waals surface area contributed by atoms with Gasteiger partial charge < -0.3 is 10.1 Å². The maximum Gasteiger partial charge on any atom is 0.350 e. The summed E-state index contributed by atoms with van der Waals surface area (Å²) < 4.78 is 6.24. The summed E-state index contributed by atoms with van der Waals surface area (Å²) in [5.74, 6) is -0.778. The molecule has 0 aromatic carbocycles. The van der Waals surface area contributed by atoms with Crippen molar-refractivity contribution < 1.29 is 14.3 Å². The van der Waals surface area contributed by atoms with Crippen molar-refractivity contribution in [2.24, 2.45) is 7.05 Å². The average molecular weight is 321 g/mol. The second-order valence-corrected chi connectivity index (χ2v) is 6.81. The van der Waals surface area contributed by atoms with Gasteiger partial charge in [-0.3, -0.25) is 9.48 Å². The lowest BCUT2D eigenvalue weighted by molar-refractivity contribution is 0.0607. The van der Waals surface area contributed by atoms with Gasteiger partial charge in [0.25, 0.3) is 5.91 Å². The molecule has 0 saturated heterocycles. The first-order valence-corrected chi connectivity index (χ1v) is 7.63. The minimum Gasteiger partial charge on any atom is -0.465 e. The summed E-state index contributed by atoms with van der Waals surface area (Å²) in [7, 11) is 3.03. The highest BCUT2D eigenvalue weighted by atomic mass is 32.1. The third kappa shape index (κ3) is 3.19. The Morgan fingerprint density at radius 3 is 2.59 bits per heavy atom. The number of carbonyl (C=O) groups excluding carboxylic acids is 2. The van der Waals surface area contributed by atoms with E-state index in [0.29, 0.717) is 16.3 Å². The molecule has 0 radical (unpaired) electrons. The van der Waals surface area contributed by atoms with Crippen molar-refractivity contribution in [2.75, 3.05) is 12.4 Å². The molecule has 118 valence electrons. The molecule has 7 heteroatoms. The summed E-state index contributed by atoms with van der Waals surface area (Å²) in [5.41, 5.74) is 1.57. The van der Waals surface area contributed by atoms with Crippen molar-refractivity contribution in [1.82, 2.24) is 9.78 Å². The molecule has 2 aromatic heterocycles. The van der Waals surface area contributed by atoms with E-state index in [1.807, 2.05) is 20.8 Å². The molecule has 0 fully saturated rings. The van der Waals surface area contributed by atoms with Gasteiger partial charge in [-0.2, -0.15) is 5.10 Å². The Labute approximate surface area is 133 Å². The van der Waals surface area contributed by atoms with Crippen molar-refractivity contribution in [3.8, 4) is 0 Å². The zero-order chi connectivity index (χ0) is 16.5. The fourth-order valence-corrected chi connectivity index (χ4v) is 2.66. The molecule has 22 heavy (non-hydrogen) atoms. The number of nitrogens with zero attached hydrogens (tertiary/aromatic N) is 2. The highest BCUT2D eigenvalue weighted by Gasteiger charge is 2.23. The van der Waals surface area contributed by atoms with Crippen LogP contribution in [0, 0.1) is 0 Å². The molecule has 2 rings (SSSR count). The van der Waals surface area contributed by atoms with Gasteiger partial charge >= 0.3 is 5.97 Å². The summed E-state index contributed by atoms with van der Waals surface area (Å²) >= 11 is 1.22. The number of nitrogens with one attached hydrogen (secondary N) is 1. The minimum atomic E-state index is -0.467. The molecule has 6 nitrogen and oxygen atoms in total. The van der Waals surface area contributed by atoms with Crippen LogP contribution in [0.15, 0.2) is 17.5 Å². The number of carbonyl (C=O) groups is 2. The van der Waals surface area contributed by atoms with Crippen molar-refractivity contribution in [3.63, 3.8) is 0 Å². The summed E-state index contributed by atoms with van der Waals surface area (Å²) in [4.78, 5) is 24.4. The zero-order valence-electron chi connectivity index (χ0n) is 13.3. The summed E-state index contributed by atoms with van der Waals surface area (Å²) in [6.07, 6.45) is 0. The first kappa shape index (κ1) is 16.2. The molecular formula is C15H19N3O3S. The standard InChI is InChI=1S/C15H19N3O3S/c1-15(2,3)11-8-10(18(4)17-11)13(19)16-9-6-7-22-12(9)14(20)21-5/h6-8H,1-5H3,(H,16,19). The van der Waals surface area contributed by atoms with Crippen LogP contribution in [0.1, 0.15) is 46.6 Å². The van der Waals surface area contributed by atoms with Crippen LogP contribution in [0.25, 0.3) is 0 Å². The van der Waals surface area contributed by atoms with Gasteiger partial charge in [0.15, 0.2) is 0 Å². The van der Waals surface area contributed by atoms with Crippen molar-refractivity contribution in [3.05, 3.63) is 33.8 Å². The van der Waals surface area contributed by atoms with Crippen LogP contribution in [0.2, 0.25) is 0 Å². The molecule has 0 aliphatic rings. The molecular weight excluding hydrogens is 302 g/mol. The number of hydrogen-bond donors (Lipinski definition) is 1. The number of esters is 1. The molecule has 0 spiro atoms. The number of aromatic nitrogens is 2. The van der Waals surface area contributed by atoms with Gasteiger partial charge in [0.05, 0.1) is 18.5 Å². The molecule has 0 bridgehead atoms. The first-order valence-electron chi connectivity index (χ1n) is 6.75. The SMILES string of the molecule is COC(=O)c1sccc1NC(=O)c1cc(C(C)(C)C)nn1C. The lowest BCUT2D eigenvalue weighted by Gasteiger charge is -2.13. The van der Waals surface area contributed by atoms with Crippen molar-refractivity contribution in [2.45, 2.75) is 26.2 Å². The molecule has 0 aliphatic carbocycles. The Morgan fingerprint density at radius 2 is 2.05 bits per heavy atom. The second kappa shape index (κ2) is 5.92. The smallest absolute Gasteiger partial charge is 0.350 e. The maximum atomic E-state index is 12.4. The number of ether oxygens (including phenoxy) is 1. The monoisotopic (exact) mass is 321 g/mol. The third-order valence-corrected chi connectivity index (χ3v) is 4.06. The summed E-state index contributed by atoms with van der Waals surface area (Å²) in [5, 5.41) is 8.84. The minimum absolute atomic E-state index is 0.143. The van der Waals surface area contributed by atoms with E-state index in [1.54, 1.807) is 29.2 Å². The number of rotatable bonds is 3. The van der Waals surface area contributed by atoms with Gasteiger partial charge in [-0.25, -0.2) is 4.79 Å². The Balaban J connectivity index is 2.26. The fourth-order valence-electron chi connectivity index (χ4n) is 1.89. The quantitative estimate of drug-likeness (QED) is 0.882. The third-order valence-electron chi connectivity index (χ3n) is 3.17. The molecule has 0 atom stereocenters. The lowest BCUT2D eigenvalue weighted by atomic mass is 9.92. The van der Waals surface area contributed by atoms with Gasteiger partial charge in [0, 0.05) is 12.5 Å².